The lowest BCUT2D eigenvalue weighted by atomic mass is 9.81. The summed E-state index contributed by atoms with van der Waals surface area (Å²) in [4.78, 5) is 11.5. The normalized spacial score (nSPS) is 18.5. The number of aliphatic hydroxyl groups excluding tert-OH is 1. The van der Waals surface area contributed by atoms with Crippen LogP contribution in [-0.2, 0) is 15.1 Å². The highest BCUT2D eigenvalue weighted by Gasteiger charge is 2.45. The van der Waals surface area contributed by atoms with E-state index in [9.17, 15) is 10.1 Å². The van der Waals surface area contributed by atoms with Crippen LogP contribution < -0.4 is 0 Å². The van der Waals surface area contributed by atoms with Gasteiger partial charge in [0.2, 0.25) is 5.60 Å². The van der Waals surface area contributed by atoms with Crippen LogP contribution in [0.2, 0.25) is 0 Å². The summed E-state index contributed by atoms with van der Waals surface area (Å²) in [6, 6.07) is 11.3. The topological polar surface area (TPSA) is 70.3 Å². The Morgan fingerprint density at radius 1 is 1.37 bits per heavy atom. The number of rotatable bonds is 4. The van der Waals surface area contributed by atoms with Gasteiger partial charge in [-0.1, -0.05) is 43.2 Å². The summed E-state index contributed by atoms with van der Waals surface area (Å²) in [7, 11) is 0. The fourth-order valence-corrected chi connectivity index (χ4v) is 2.79. The monoisotopic (exact) mass is 259 g/mol. The second-order valence-corrected chi connectivity index (χ2v) is 4.83. The zero-order valence-corrected chi connectivity index (χ0v) is 10.7. The molecule has 1 aromatic rings. The molecule has 1 saturated carbocycles. The van der Waals surface area contributed by atoms with Gasteiger partial charge in [-0.15, -0.1) is 0 Å². The van der Waals surface area contributed by atoms with E-state index >= 15 is 0 Å². The molecule has 19 heavy (non-hydrogen) atoms. The molecule has 4 nitrogen and oxygen atoms in total. The minimum atomic E-state index is -1.27. The van der Waals surface area contributed by atoms with Crippen LogP contribution in [-0.4, -0.2) is 17.7 Å². The number of hydrogen-bond donors (Lipinski definition) is 1. The molecule has 1 fully saturated rings. The Morgan fingerprint density at radius 3 is 2.53 bits per heavy atom. The summed E-state index contributed by atoms with van der Waals surface area (Å²) < 4.78 is 5.36. The largest absolute Gasteiger partial charge is 0.437 e. The van der Waals surface area contributed by atoms with Crippen molar-refractivity contribution in [1.29, 1.82) is 5.26 Å². The Hall–Kier alpha value is -1.86. The van der Waals surface area contributed by atoms with Crippen molar-refractivity contribution in [2.45, 2.75) is 31.3 Å². The van der Waals surface area contributed by atoms with Crippen LogP contribution in [0.5, 0.6) is 0 Å². The molecule has 100 valence electrons. The molecule has 0 spiro atoms. The first kappa shape index (κ1) is 13.6. The molecule has 2 rings (SSSR count). The van der Waals surface area contributed by atoms with E-state index in [1.54, 1.807) is 12.1 Å². The average molecular weight is 259 g/mol. The molecule has 0 aromatic heterocycles. The molecular formula is C15H17NO3. The van der Waals surface area contributed by atoms with Crippen LogP contribution in [0.25, 0.3) is 0 Å². The van der Waals surface area contributed by atoms with Gasteiger partial charge in [-0.3, -0.25) is 0 Å². The van der Waals surface area contributed by atoms with Gasteiger partial charge in [0.25, 0.3) is 0 Å². The van der Waals surface area contributed by atoms with Crippen molar-refractivity contribution >= 4 is 5.97 Å². The third kappa shape index (κ3) is 2.61. The third-order valence-corrected chi connectivity index (χ3v) is 3.70. The summed E-state index contributed by atoms with van der Waals surface area (Å²) in [5.74, 6) is -0.757. The lowest BCUT2D eigenvalue weighted by Crippen LogP contribution is -2.38. The number of carbonyl (C=O) groups excluding carboxylic acids is 1. The summed E-state index contributed by atoms with van der Waals surface area (Å²) in [6.07, 6.45) is 3.80. The Kier molecular flexibility index (Phi) is 4.18. The fourth-order valence-electron chi connectivity index (χ4n) is 2.79. The first-order chi connectivity index (χ1) is 9.23. The van der Waals surface area contributed by atoms with Gasteiger partial charge in [0.15, 0.2) is 0 Å². The number of nitriles is 1. The first-order valence-electron chi connectivity index (χ1n) is 6.52. The van der Waals surface area contributed by atoms with Gasteiger partial charge in [0, 0.05) is 11.5 Å². The maximum absolute atomic E-state index is 11.5. The van der Waals surface area contributed by atoms with Crippen LogP contribution in [0.3, 0.4) is 0 Å². The molecule has 0 radical (unpaired) electrons. The van der Waals surface area contributed by atoms with Crippen molar-refractivity contribution in [2.75, 3.05) is 6.61 Å². The van der Waals surface area contributed by atoms with Crippen molar-refractivity contribution in [2.24, 2.45) is 5.92 Å². The van der Waals surface area contributed by atoms with Crippen molar-refractivity contribution in [1.82, 2.24) is 0 Å². The number of esters is 1. The number of nitrogens with zero attached hydrogens (tertiary/aromatic N) is 1. The van der Waals surface area contributed by atoms with Crippen LogP contribution in [0.4, 0.5) is 0 Å². The molecular weight excluding hydrogens is 242 g/mol. The fraction of sp³-hybridized carbons (Fsp3) is 0.467. The van der Waals surface area contributed by atoms with E-state index in [-0.39, 0.29) is 5.92 Å². The maximum Gasteiger partial charge on any atom is 0.333 e. The van der Waals surface area contributed by atoms with Crippen LogP contribution in [0.1, 0.15) is 31.2 Å². The Bertz CT molecular complexity index is 474. The number of hydrogen-bond acceptors (Lipinski definition) is 4. The van der Waals surface area contributed by atoms with Gasteiger partial charge in [-0.2, -0.15) is 5.26 Å². The van der Waals surface area contributed by atoms with E-state index in [1.807, 2.05) is 18.2 Å². The Labute approximate surface area is 112 Å². The minimum absolute atomic E-state index is 0.00426. The molecule has 1 N–H and O–H groups in total. The van der Waals surface area contributed by atoms with Gasteiger partial charge in [0.1, 0.15) is 12.7 Å². The van der Waals surface area contributed by atoms with Gasteiger partial charge >= 0.3 is 5.97 Å². The molecule has 0 bridgehead atoms. The molecule has 0 saturated heterocycles. The average Bonchev–Trinajstić information content (AvgIpc) is 3.00. The summed E-state index contributed by atoms with van der Waals surface area (Å²) in [5, 5.41) is 18.5. The van der Waals surface area contributed by atoms with Gasteiger partial charge in [0.05, 0.1) is 0 Å². The van der Waals surface area contributed by atoms with Crippen molar-refractivity contribution < 1.29 is 14.6 Å². The van der Waals surface area contributed by atoms with E-state index in [2.05, 4.69) is 6.07 Å². The lowest BCUT2D eigenvalue weighted by molar-refractivity contribution is -0.163. The second-order valence-electron chi connectivity index (χ2n) is 4.83. The maximum atomic E-state index is 11.5. The zero-order valence-electron chi connectivity index (χ0n) is 10.7. The first-order valence-corrected chi connectivity index (χ1v) is 6.52. The van der Waals surface area contributed by atoms with Gasteiger partial charge in [-0.05, 0) is 12.8 Å². The minimum Gasteiger partial charge on any atom is -0.437 e. The van der Waals surface area contributed by atoms with Crippen LogP contribution >= 0.6 is 0 Å². The second kappa shape index (κ2) is 5.85. The van der Waals surface area contributed by atoms with E-state index in [0.717, 1.165) is 25.7 Å². The molecule has 0 unspecified atom stereocenters. The molecule has 4 heteroatoms. The standard InChI is InChI=1S/C15H17NO3/c16-11-15(19-14(18)10-17,13-8-4-5-9-13)12-6-2-1-3-7-12/h1-3,6-7,13,17H,4-5,8-10H2/t15-/m0/s1. The number of aliphatic hydroxyl groups is 1. The highest BCUT2D eigenvalue weighted by molar-refractivity contribution is 5.71. The lowest BCUT2D eigenvalue weighted by Gasteiger charge is -2.32. The predicted octanol–water partition coefficient (Wildman–Crippen LogP) is 2.13. The summed E-state index contributed by atoms with van der Waals surface area (Å²) >= 11 is 0. The SMILES string of the molecule is N#C[C@](OC(=O)CO)(c1ccccc1)C1CCCC1. The quantitative estimate of drug-likeness (QED) is 0.841. The molecule has 1 aromatic carbocycles. The highest BCUT2D eigenvalue weighted by Crippen LogP contribution is 2.43. The number of ether oxygens (including phenoxy) is 1. The highest BCUT2D eigenvalue weighted by atomic mass is 16.6. The molecule has 0 amide bonds. The van der Waals surface area contributed by atoms with E-state index < -0.39 is 18.2 Å². The van der Waals surface area contributed by atoms with Crippen molar-refractivity contribution in [3.05, 3.63) is 35.9 Å². The van der Waals surface area contributed by atoms with Crippen molar-refractivity contribution in [3.8, 4) is 6.07 Å². The summed E-state index contributed by atoms with van der Waals surface area (Å²) in [6.45, 7) is -0.705. The molecule has 1 aliphatic rings. The van der Waals surface area contributed by atoms with E-state index in [4.69, 9.17) is 9.84 Å². The van der Waals surface area contributed by atoms with Crippen LogP contribution in [0.15, 0.2) is 30.3 Å². The predicted molar refractivity (Wildman–Crippen MR) is 68.9 cm³/mol. The Balaban J connectivity index is 2.41. The molecule has 0 heterocycles. The Morgan fingerprint density at radius 2 is 2.00 bits per heavy atom. The third-order valence-electron chi connectivity index (χ3n) is 3.70. The number of carbonyl (C=O) groups is 1. The van der Waals surface area contributed by atoms with E-state index in [1.165, 1.54) is 0 Å². The van der Waals surface area contributed by atoms with E-state index in [0.29, 0.717) is 5.56 Å². The summed E-state index contributed by atoms with van der Waals surface area (Å²) in [5.41, 5.74) is -0.580. The van der Waals surface area contributed by atoms with Gasteiger partial charge < -0.3 is 9.84 Å². The van der Waals surface area contributed by atoms with Gasteiger partial charge in [-0.25, -0.2) is 4.79 Å². The zero-order chi connectivity index (χ0) is 13.7. The van der Waals surface area contributed by atoms with Crippen molar-refractivity contribution in [3.63, 3.8) is 0 Å². The molecule has 1 atom stereocenters. The molecule has 1 aliphatic carbocycles. The van der Waals surface area contributed by atoms with Crippen LogP contribution in [0, 0.1) is 17.2 Å². The molecule has 0 aliphatic heterocycles. The number of benzene rings is 1. The smallest absolute Gasteiger partial charge is 0.333 e.